The van der Waals surface area contributed by atoms with Gasteiger partial charge >= 0.3 is 0 Å². The summed E-state index contributed by atoms with van der Waals surface area (Å²) >= 11 is 5.98. The molecule has 2 aliphatic rings. The molecule has 2 saturated heterocycles. The van der Waals surface area contributed by atoms with E-state index in [1.54, 1.807) is 6.07 Å². The highest BCUT2D eigenvalue weighted by Crippen LogP contribution is 2.34. The maximum atomic E-state index is 12.9. The first-order chi connectivity index (χ1) is 8.22. The van der Waals surface area contributed by atoms with E-state index in [0.29, 0.717) is 29.8 Å². The van der Waals surface area contributed by atoms with Crippen LogP contribution in [0.5, 0.6) is 0 Å². The van der Waals surface area contributed by atoms with Crippen LogP contribution in [-0.4, -0.2) is 18.2 Å². The molecule has 2 heterocycles. The second-order valence-corrected chi connectivity index (χ2v) is 5.24. The van der Waals surface area contributed by atoms with Crippen LogP contribution in [0.2, 0.25) is 5.02 Å². The van der Waals surface area contributed by atoms with Crippen LogP contribution in [0, 0.1) is 5.82 Å². The number of fused-ring (bicyclic) bond motifs is 2. The Morgan fingerprint density at radius 1 is 1.41 bits per heavy atom. The van der Waals surface area contributed by atoms with Crippen LogP contribution in [0.1, 0.15) is 24.8 Å². The Bertz CT molecular complexity index is 426. The Balaban J connectivity index is 1.60. The lowest BCUT2D eigenvalue weighted by molar-refractivity contribution is 0.0973. The Morgan fingerprint density at radius 3 is 2.94 bits per heavy atom. The van der Waals surface area contributed by atoms with E-state index in [9.17, 15) is 4.39 Å². The highest BCUT2D eigenvalue weighted by Gasteiger charge is 2.40. The first-order valence-corrected chi connectivity index (χ1v) is 6.43. The molecular weight excluding hydrogens is 241 g/mol. The second-order valence-electron chi connectivity index (χ2n) is 4.83. The fourth-order valence-electron chi connectivity index (χ4n) is 2.76. The van der Waals surface area contributed by atoms with Crippen molar-refractivity contribution in [1.29, 1.82) is 0 Å². The van der Waals surface area contributed by atoms with Gasteiger partial charge in [0.15, 0.2) is 0 Å². The molecule has 0 radical (unpaired) electrons. The number of ether oxygens (including phenoxy) is 1. The largest absolute Gasteiger partial charge is 0.373 e. The summed E-state index contributed by atoms with van der Waals surface area (Å²) in [7, 11) is 0. The Kier molecular flexibility index (Phi) is 3.07. The van der Waals surface area contributed by atoms with Gasteiger partial charge in [-0.05, 0) is 37.0 Å². The van der Waals surface area contributed by atoms with E-state index in [4.69, 9.17) is 16.3 Å². The van der Waals surface area contributed by atoms with Crippen LogP contribution in [0.15, 0.2) is 18.2 Å². The third kappa shape index (κ3) is 2.32. The van der Waals surface area contributed by atoms with Crippen molar-refractivity contribution in [2.45, 2.75) is 44.1 Å². The van der Waals surface area contributed by atoms with Gasteiger partial charge in [-0.3, -0.25) is 0 Å². The second kappa shape index (κ2) is 4.56. The molecule has 1 aromatic carbocycles. The van der Waals surface area contributed by atoms with Crippen LogP contribution >= 0.6 is 11.6 Å². The van der Waals surface area contributed by atoms with Gasteiger partial charge in [0.1, 0.15) is 5.82 Å². The summed E-state index contributed by atoms with van der Waals surface area (Å²) in [5.74, 6) is -0.290. The predicted octanol–water partition coefficient (Wildman–Crippen LogP) is 2.89. The molecular formula is C13H15ClFNO. The number of halogens is 2. The fourth-order valence-corrected chi connectivity index (χ4v) is 2.99. The number of rotatable bonds is 3. The Hall–Kier alpha value is -0.640. The number of hydrogen-bond donors (Lipinski definition) is 1. The highest BCUT2D eigenvalue weighted by molar-refractivity contribution is 6.31. The van der Waals surface area contributed by atoms with E-state index in [1.807, 2.05) is 0 Å². The first-order valence-electron chi connectivity index (χ1n) is 6.05. The molecule has 2 bridgehead atoms. The molecule has 2 aliphatic heterocycles. The molecule has 0 amide bonds. The van der Waals surface area contributed by atoms with Crippen LogP contribution in [0.25, 0.3) is 0 Å². The lowest BCUT2D eigenvalue weighted by atomic mass is 9.95. The van der Waals surface area contributed by atoms with Crippen molar-refractivity contribution >= 4 is 11.6 Å². The Morgan fingerprint density at radius 2 is 2.29 bits per heavy atom. The van der Waals surface area contributed by atoms with Gasteiger partial charge < -0.3 is 10.1 Å². The van der Waals surface area contributed by atoms with E-state index in [1.165, 1.54) is 18.6 Å². The van der Waals surface area contributed by atoms with Crippen molar-refractivity contribution in [2.24, 2.45) is 0 Å². The molecule has 3 atom stereocenters. The summed E-state index contributed by atoms with van der Waals surface area (Å²) in [6.07, 6.45) is 4.24. The van der Waals surface area contributed by atoms with Gasteiger partial charge in [0.2, 0.25) is 0 Å². The molecule has 2 nitrogen and oxygen atoms in total. The van der Waals surface area contributed by atoms with Crippen molar-refractivity contribution in [3.8, 4) is 0 Å². The standard InChI is InChI=1S/C13H15ClFNO/c14-11-5-9(15)2-1-8(11)7-16-12-6-10-3-4-13(12)17-10/h1-2,5,10,12-13,16H,3-4,6-7H2. The first kappa shape index (κ1) is 11.5. The zero-order chi connectivity index (χ0) is 11.8. The van der Waals surface area contributed by atoms with Gasteiger partial charge in [0.05, 0.1) is 12.2 Å². The molecule has 0 aliphatic carbocycles. The number of nitrogens with one attached hydrogen (secondary N) is 1. The van der Waals surface area contributed by atoms with E-state index in [0.717, 1.165) is 18.4 Å². The predicted molar refractivity (Wildman–Crippen MR) is 64.5 cm³/mol. The van der Waals surface area contributed by atoms with Crippen LogP contribution in [-0.2, 0) is 11.3 Å². The number of hydrogen-bond acceptors (Lipinski definition) is 2. The molecule has 0 aromatic heterocycles. The van der Waals surface area contributed by atoms with Crippen LogP contribution < -0.4 is 5.32 Å². The maximum Gasteiger partial charge on any atom is 0.124 e. The molecule has 92 valence electrons. The van der Waals surface area contributed by atoms with Gasteiger partial charge in [-0.1, -0.05) is 17.7 Å². The van der Waals surface area contributed by atoms with Crippen LogP contribution in [0.4, 0.5) is 4.39 Å². The summed E-state index contributed by atoms with van der Waals surface area (Å²) in [5, 5.41) is 3.95. The van der Waals surface area contributed by atoms with E-state index < -0.39 is 0 Å². The molecule has 1 aromatic rings. The van der Waals surface area contributed by atoms with Crippen molar-refractivity contribution in [3.05, 3.63) is 34.6 Å². The van der Waals surface area contributed by atoms with Crippen molar-refractivity contribution < 1.29 is 9.13 Å². The van der Waals surface area contributed by atoms with Crippen LogP contribution in [0.3, 0.4) is 0 Å². The fraction of sp³-hybridized carbons (Fsp3) is 0.538. The summed E-state index contributed by atoms with van der Waals surface area (Å²) in [6, 6.07) is 4.96. The van der Waals surface area contributed by atoms with Crippen molar-refractivity contribution in [3.63, 3.8) is 0 Å². The monoisotopic (exact) mass is 255 g/mol. The van der Waals surface area contributed by atoms with Gasteiger partial charge in [-0.15, -0.1) is 0 Å². The average Bonchev–Trinajstić information content (AvgIpc) is 2.89. The van der Waals surface area contributed by atoms with Gasteiger partial charge in [0, 0.05) is 17.6 Å². The molecule has 0 spiro atoms. The minimum Gasteiger partial charge on any atom is -0.373 e. The molecule has 3 rings (SSSR count). The minimum atomic E-state index is -0.290. The van der Waals surface area contributed by atoms with E-state index in [2.05, 4.69) is 5.32 Å². The molecule has 0 saturated carbocycles. The SMILES string of the molecule is Fc1ccc(CNC2CC3CCC2O3)c(Cl)c1. The average molecular weight is 256 g/mol. The lowest BCUT2D eigenvalue weighted by Gasteiger charge is -2.20. The summed E-state index contributed by atoms with van der Waals surface area (Å²) < 4.78 is 18.7. The van der Waals surface area contributed by atoms with Gasteiger partial charge in [-0.2, -0.15) is 0 Å². The quantitative estimate of drug-likeness (QED) is 0.897. The normalized spacial score (nSPS) is 31.1. The van der Waals surface area contributed by atoms with Gasteiger partial charge in [0.25, 0.3) is 0 Å². The maximum absolute atomic E-state index is 12.9. The number of benzene rings is 1. The smallest absolute Gasteiger partial charge is 0.124 e. The zero-order valence-electron chi connectivity index (χ0n) is 9.46. The molecule has 4 heteroatoms. The summed E-state index contributed by atoms with van der Waals surface area (Å²) in [6.45, 7) is 0.677. The minimum absolute atomic E-state index is 0.290. The van der Waals surface area contributed by atoms with Gasteiger partial charge in [-0.25, -0.2) is 4.39 Å². The summed E-state index contributed by atoms with van der Waals surface area (Å²) in [5.41, 5.74) is 0.941. The third-order valence-corrected chi connectivity index (χ3v) is 4.03. The van der Waals surface area contributed by atoms with Crippen molar-refractivity contribution in [1.82, 2.24) is 5.32 Å². The third-order valence-electron chi connectivity index (χ3n) is 3.68. The van der Waals surface area contributed by atoms with Crippen molar-refractivity contribution in [2.75, 3.05) is 0 Å². The Labute approximate surface area is 105 Å². The van der Waals surface area contributed by atoms with E-state index in [-0.39, 0.29) is 5.82 Å². The molecule has 17 heavy (non-hydrogen) atoms. The van der Waals surface area contributed by atoms with E-state index >= 15 is 0 Å². The zero-order valence-corrected chi connectivity index (χ0v) is 10.2. The topological polar surface area (TPSA) is 21.3 Å². The lowest BCUT2D eigenvalue weighted by Crippen LogP contribution is -2.37. The summed E-state index contributed by atoms with van der Waals surface area (Å²) in [4.78, 5) is 0. The molecule has 1 N–H and O–H groups in total. The molecule has 3 unspecified atom stereocenters. The molecule has 2 fully saturated rings. The highest BCUT2D eigenvalue weighted by atomic mass is 35.5.